The van der Waals surface area contributed by atoms with E-state index in [1.54, 1.807) is 3.33 Å². The van der Waals surface area contributed by atoms with Crippen molar-refractivity contribution in [3.8, 4) is 0 Å². The van der Waals surface area contributed by atoms with Gasteiger partial charge in [0.15, 0.2) is 0 Å². The number of nitrogens with one attached hydrogen (secondary N) is 1. The molecule has 0 radical (unpaired) electrons. The zero-order valence-electron chi connectivity index (χ0n) is 14.1. The standard InChI is InChI=1S/C10H13NO.C5H5.C2H7Si.2ClH.Hf/c1-7(2)8-5-3-4-6-9(8)10(11)12;1-2-4-5-3-1;1-3-2;;;/h3-7H,1-2H3,(H2,11,12);1-3H,4H2;3H,1-2H3;2*1H;/q;;;;;+3/p-3. The molecule has 1 aromatic rings. The van der Waals surface area contributed by atoms with Crippen LogP contribution in [0.15, 0.2) is 45.8 Å². The van der Waals surface area contributed by atoms with E-state index in [4.69, 9.17) is 0 Å². The number of halogens is 2. The van der Waals surface area contributed by atoms with Crippen molar-refractivity contribution in [2.24, 2.45) is 0 Å². The molecule has 6 heteroatoms. The van der Waals surface area contributed by atoms with Crippen molar-refractivity contribution in [3.63, 3.8) is 0 Å². The van der Waals surface area contributed by atoms with Crippen LogP contribution in [0.25, 0.3) is 0 Å². The third-order valence-electron chi connectivity index (χ3n) is 3.77. The molecule has 0 saturated carbocycles. The first-order chi connectivity index (χ1) is 10.0. The largest absolute Gasteiger partial charge is 1.00 e. The Hall–Kier alpha value is -0.163. The van der Waals surface area contributed by atoms with Gasteiger partial charge in [0, 0.05) is 0 Å². The van der Waals surface area contributed by atoms with E-state index >= 15 is 0 Å². The zero-order chi connectivity index (χ0) is 15.4. The van der Waals surface area contributed by atoms with Crippen LogP contribution in [-0.2, 0) is 20.9 Å². The fourth-order valence-corrected chi connectivity index (χ4v) is 21.7. The smallest absolute Gasteiger partial charge is 1.00 e. The first-order valence-corrected chi connectivity index (χ1v) is 20.3. The number of hydrogen-bond donors (Lipinski definition) is 1. The SMILES string of the molecule is CC(C)c1ccccc1C(=O)[NH][Hf+2]([C]1=CC=CC1)[SiH](C)C.[Cl-].[Cl-]. The van der Waals surface area contributed by atoms with Crippen LogP contribution in [0.4, 0.5) is 0 Å². The predicted octanol–water partition coefficient (Wildman–Crippen LogP) is -2.09. The summed E-state index contributed by atoms with van der Waals surface area (Å²) in [6, 6.07) is 8.04. The summed E-state index contributed by atoms with van der Waals surface area (Å²) >= 11 is -2.12. The molecule has 1 aromatic carbocycles. The molecular weight excluding hydrogens is 512 g/mol. The van der Waals surface area contributed by atoms with Gasteiger partial charge >= 0.3 is 137 Å². The molecule has 0 atom stereocenters. The molecule has 0 heterocycles. The summed E-state index contributed by atoms with van der Waals surface area (Å²) in [4.78, 5) is 12.8. The molecule has 0 unspecified atom stereocenters. The third-order valence-corrected chi connectivity index (χ3v) is 27.2. The van der Waals surface area contributed by atoms with Crippen LogP contribution in [0.2, 0.25) is 13.1 Å². The molecular formula is C17H24Cl2HfNOSi. The van der Waals surface area contributed by atoms with Crippen molar-refractivity contribution < 1.29 is 50.5 Å². The van der Waals surface area contributed by atoms with E-state index in [0.717, 1.165) is 17.5 Å². The van der Waals surface area contributed by atoms with Crippen molar-refractivity contribution in [2.45, 2.75) is 39.3 Å². The number of carbonyl (C=O) groups excluding carboxylic acids is 1. The van der Waals surface area contributed by atoms with Crippen LogP contribution in [0, 0.1) is 0 Å². The van der Waals surface area contributed by atoms with Crippen LogP contribution in [0.3, 0.4) is 0 Å². The molecule has 1 amide bonds. The van der Waals surface area contributed by atoms with Crippen molar-refractivity contribution in [2.75, 3.05) is 0 Å². The van der Waals surface area contributed by atoms with Crippen LogP contribution in [0.1, 0.15) is 42.1 Å². The van der Waals surface area contributed by atoms with E-state index in [2.05, 4.69) is 54.5 Å². The van der Waals surface area contributed by atoms with Crippen LogP contribution < -0.4 is 28.1 Å². The first-order valence-electron chi connectivity index (χ1n) is 7.64. The molecule has 23 heavy (non-hydrogen) atoms. The van der Waals surface area contributed by atoms with Gasteiger partial charge in [-0.3, -0.25) is 0 Å². The van der Waals surface area contributed by atoms with Crippen molar-refractivity contribution in [1.29, 1.82) is 0 Å². The fourth-order valence-electron chi connectivity index (χ4n) is 2.64. The van der Waals surface area contributed by atoms with Gasteiger partial charge in [0.05, 0.1) is 0 Å². The number of carbonyl (C=O) groups is 1. The molecule has 0 aliphatic heterocycles. The Kier molecular flexibility index (Phi) is 10.6. The molecule has 2 rings (SSSR count). The Morgan fingerprint density at radius 1 is 1.22 bits per heavy atom. The third kappa shape index (κ3) is 6.00. The van der Waals surface area contributed by atoms with Crippen LogP contribution in [0.5, 0.6) is 0 Å². The zero-order valence-corrected chi connectivity index (χ0v) is 20.3. The second-order valence-electron chi connectivity index (χ2n) is 6.09. The summed E-state index contributed by atoms with van der Waals surface area (Å²) in [5.74, 6) is -0.244. The van der Waals surface area contributed by atoms with Crippen LogP contribution in [-0.4, -0.2) is 11.9 Å². The first kappa shape index (κ1) is 22.8. The topological polar surface area (TPSA) is 29.1 Å². The minimum Gasteiger partial charge on any atom is -1.00 e. The van der Waals surface area contributed by atoms with Gasteiger partial charge in [-0.1, -0.05) is 0 Å². The predicted molar refractivity (Wildman–Crippen MR) is 88.7 cm³/mol. The Balaban J connectivity index is 0.00000242. The molecule has 0 aromatic heterocycles. The summed E-state index contributed by atoms with van der Waals surface area (Å²) in [7, 11) is 0. The maximum atomic E-state index is 12.8. The molecule has 1 aliphatic rings. The van der Waals surface area contributed by atoms with E-state index in [1.165, 1.54) is 0 Å². The minimum atomic E-state index is -2.12. The van der Waals surface area contributed by atoms with Gasteiger partial charge in [-0.2, -0.15) is 0 Å². The summed E-state index contributed by atoms with van der Waals surface area (Å²) < 4.78 is 5.06. The molecule has 0 fully saturated rings. The molecule has 0 spiro atoms. The Morgan fingerprint density at radius 3 is 2.39 bits per heavy atom. The minimum absolute atomic E-state index is 0. The number of amides is 1. The van der Waals surface area contributed by atoms with Gasteiger partial charge in [-0.15, -0.1) is 0 Å². The van der Waals surface area contributed by atoms with Gasteiger partial charge in [0.1, 0.15) is 0 Å². The Morgan fingerprint density at radius 2 is 1.87 bits per heavy atom. The average Bonchev–Trinajstić information content (AvgIpc) is 2.97. The average molecular weight is 536 g/mol. The second kappa shape index (κ2) is 10.7. The van der Waals surface area contributed by atoms with E-state index in [9.17, 15) is 4.79 Å². The van der Waals surface area contributed by atoms with Gasteiger partial charge in [-0.05, 0) is 0 Å². The Bertz CT molecular complexity index is 588. The summed E-state index contributed by atoms with van der Waals surface area (Å²) in [5.41, 5.74) is 2.03. The van der Waals surface area contributed by atoms with E-state index in [0.29, 0.717) is 5.92 Å². The van der Waals surface area contributed by atoms with Crippen LogP contribution >= 0.6 is 0 Å². The summed E-state index contributed by atoms with van der Waals surface area (Å²) in [6.45, 7) is 9.06. The van der Waals surface area contributed by atoms with E-state index in [-0.39, 0.29) is 30.7 Å². The van der Waals surface area contributed by atoms with Gasteiger partial charge in [-0.25, -0.2) is 0 Å². The summed E-state index contributed by atoms with van der Waals surface area (Å²) in [5, 5.41) is 0. The van der Waals surface area contributed by atoms with Gasteiger partial charge < -0.3 is 24.8 Å². The molecule has 1 aliphatic carbocycles. The fraction of sp³-hybridized carbons (Fsp3) is 0.353. The molecule has 2 nitrogen and oxygen atoms in total. The second-order valence-corrected chi connectivity index (χ2v) is 31.7. The molecule has 125 valence electrons. The van der Waals surface area contributed by atoms with Gasteiger partial charge in [0.25, 0.3) is 0 Å². The summed E-state index contributed by atoms with van der Waals surface area (Å²) in [6.07, 6.45) is 7.68. The monoisotopic (exact) mass is 536 g/mol. The maximum absolute atomic E-state index is 12.8. The van der Waals surface area contributed by atoms with Gasteiger partial charge in [0.2, 0.25) is 0 Å². The molecule has 1 N–H and O–H groups in total. The quantitative estimate of drug-likeness (QED) is 0.431. The number of rotatable bonds is 5. The van der Waals surface area contributed by atoms with Crippen molar-refractivity contribution >= 4 is 11.9 Å². The Labute approximate surface area is 161 Å². The number of hydrogen-bond acceptors (Lipinski definition) is 1. The number of allylic oxidation sites excluding steroid dienone is 4. The van der Waals surface area contributed by atoms with Crippen molar-refractivity contribution in [1.82, 2.24) is 3.30 Å². The van der Waals surface area contributed by atoms with Crippen molar-refractivity contribution in [3.05, 3.63) is 57.0 Å². The van der Waals surface area contributed by atoms with E-state index < -0.39 is 26.9 Å². The molecule has 0 saturated heterocycles. The number of benzene rings is 1. The van der Waals surface area contributed by atoms with E-state index in [1.807, 2.05) is 18.2 Å². The normalized spacial score (nSPS) is 12.5. The molecule has 0 bridgehead atoms. The maximum Gasteiger partial charge on any atom is -1.00 e.